The third kappa shape index (κ3) is 4.68. The molecule has 1 saturated heterocycles. The summed E-state index contributed by atoms with van der Waals surface area (Å²) in [5.74, 6) is -1.92. The Morgan fingerprint density at radius 2 is 2.13 bits per heavy atom. The van der Waals surface area contributed by atoms with E-state index >= 15 is 0 Å². The fourth-order valence-electron chi connectivity index (χ4n) is 4.03. The maximum Gasteiger partial charge on any atom is 0.376 e. The van der Waals surface area contributed by atoms with E-state index in [2.05, 4.69) is 25.5 Å². The number of carboxylic acid groups (broad SMARTS) is 1. The molecular formula is C20H21N11O5S3. The monoisotopic (exact) mass is 591 g/mol. The molecule has 3 aromatic rings. The highest BCUT2D eigenvalue weighted by atomic mass is 32.2. The summed E-state index contributed by atoms with van der Waals surface area (Å²) in [6.07, 6.45) is 0. The zero-order valence-corrected chi connectivity index (χ0v) is 22.8. The minimum Gasteiger partial charge on any atom is -0.543 e. The molecule has 204 valence electrons. The molecule has 0 radical (unpaired) electrons. The molecule has 16 nitrogen and oxygen atoms in total. The molecule has 19 heteroatoms. The van der Waals surface area contributed by atoms with Crippen LogP contribution in [0.3, 0.4) is 0 Å². The van der Waals surface area contributed by atoms with Crippen LogP contribution in [0.15, 0.2) is 33.0 Å². The number of anilines is 3. The maximum atomic E-state index is 13.0. The van der Waals surface area contributed by atoms with Gasteiger partial charge in [-0.25, -0.2) is 9.55 Å². The molecule has 0 spiro atoms. The minimum atomic E-state index is -1.51. The first-order valence-corrected chi connectivity index (χ1v) is 14.0. The second kappa shape index (κ2) is 10.2. The standard InChI is InChI=1S/C20H21N11O5S3/c1-29-10-3-9(21)25-20(31(10)27-18(29)22)39-5-7-4-37-16-12(15(33)30(16)13(7)17(34)35)26-14(32)11(28-36-2)8-6-38-19(23)24-8/h3,6,12,16,21H,4-5H2,1-2H3,(H6,22,23,24,26,27,32,34,35)/b28-11-/t12?,16-/m1/s1. The number of thioether (sulfide) groups is 2. The van der Waals surface area contributed by atoms with Gasteiger partial charge < -0.3 is 37.3 Å². The quantitative estimate of drug-likeness (QED) is 0.0522. The summed E-state index contributed by atoms with van der Waals surface area (Å²) in [4.78, 5) is 52.3. The number of hydrogen-bond donors (Lipinski definition) is 4. The molecule has 1 unspecified atom stereocenters. The molecule has 39 heavy (non-hydrogen) atoms. The van der Waals surface area contributed by atoms with Crippen molar-refractivity contribution < 1.29 is 28.9 Å². The number of rotatable bonds is 8. The number of nitrogens with two attached hydrogens (primary N) is 3. The number of β-lactam (4-membered cyclic amide) rings is 1. The molecule has 0 bridgehead atoms. The van der Waals surface area contributed by atoms with Crippen LogP contribution in [0.2, 0.25) is 0 Å². The highest BCUT2D eigenvalue weighted by Crippen LogP contribution is 2.41. The number of fused-ring (bicyclic) bond motifs is 2. The summed E-state index contributed by atoms with van der Waals surface area (Å²) in [5.41, 5.74) is 18.3. The lowest BCUT2D eigenvalue weighted by molar-refractivity contribution is -0.631. The summed E-state index contributed by atoms with van der Waals surface area (Å²) in [6, 6.07) is 0.617. The van der Waals surface area contributed by atoms with Gasteiger partial charge in [0.25, 0.3) is 11.8 Å². The molecule has 3 aromatic heterocycles. The van der Waals surface area contributed by atoms with Crippen molar-refractivity contribution in [3.05, 3.63) is 28.4 Å². The smallest absolute Gasteiger partial charge is 0.376 e. The van der Waals surface area contributed by atoms with Gasteiger partial charge in [0.2, 0.25) is 10.8 Å². The number of amides is 2. The number of carbonyl (C=O) groups is 3. The van der Waals surface area contributed by atoms with Crippen molar-refractivity contribution in [2.75, 3.05) is 35.8 Å². The average Bonchev–Trinajstić information content (AvgIpc) is 3.45. The SMILES string of the molecule is CO/N=C(\C(=O)NC1C(=O)N2C(C(=O)[O-])=C(CSc3nc(N)cc4n3nc(N)[n+]4C)CS[C@H]12)c1csc(N)n1. The number of aryl methyl sites for hydroxylation is 1. The number of hydrogen-bond acceptors (Lipinski definition) is 15. The molecule has 2 aliphatic rings. The van der Waals surface area contributed by atoms with Crippen LogP contribution in [-0.4, -0.2) is 78.0 Å². The third-order valence-electron chi connectivity index (χ3n) is 5.85. The van der Waals surface area contributed by atoms with Crippen LogP contribution in [-0.2, 0) is 26.3 Å². The van der Waals surface area contributed by atoms with Gasteiger partial charge in [0.1, 0.15) is 30.0 Å². The molecule has 2 aliphatic heterocycles. The Morgan fingerprint density at radius 1 is 1.36 bits per heavy atom. The van der Waals surface area contributed by atoms with E-state index in [9.17, 15) is 19.5 Å². The van der Waals surface area contributed by atoms with Crippen molar-refractivity contribution in [3.63, 3.8) is 0 Å². The van der Waals surface area contributed by atoms with E-state index in [1.807, 2.05) is 0 Å². The van der Waals surface area contributed by atoms with Crippen LogP contribution in [0, 0.1) is 0 Å². The Balaban J connectivity index is 1.35. The molecular weight excluding hydrogens is 570 g/mol. The first-order chi connectivity index (χ1) is 18.6. The summed E-state index contributed by atoms with van der Waals surface area (Å²) in [6.45, 7) is 0. The number of thiazole rings is 1. The van der Waals surface area contributed by atoms with Gasteiger partial charge in [0.15, 0.2) is 10.8 Å². The predicted octanol–water partition coefficient (Wildman–Crippen LogP) is -2.70. The largest absolute Gasteiger partial charge is 0.543 e. The van der Waals surface area contributed by atoms with Gasteiger partial charge in [0.05, 0.1) is 18.7 Å². The van der Waals surface area contributed by atoms with E-state index in [0.29, 0.717) is 16.4 Å². The molecule has 2 amide bonds. The van der Waals surface area contributed by atoms with Crippen LogP contribution in [0.1, 0.15) is 5.69 Å². The zero-order valence-electron chi connectivity index (χ0n) is 20.4. The van der Waals surface area contributed by atoms with Crippen molar-refractivity contribution in [1.82, 2.24) is 29.8 Å². The lowest BCUT2D eigenvalue weighted by Crippen LogP contribution is -2.71. The highest BCUT2D eigenvalue weighted by molar-refractivity contribution is 8.01. The number of nitrogen functional groups attached to an aromatic ring is 3. The normalized spacial score (nSPS) is 19.2. The number of nitrogens with zero attached hydrogens (tertiary/aromatic N) is 7. The van der Waals surface area contributed by atoms with Crippen molar-refractivity contribution in [2.24, 2.45) is 12.2 Å². The predicted molar refractivity (Wildman–Crippen MR) is 141 cm³/mol. The Kier molecular flexibility index (Phi) is 6.95. The Hall–Kier alpha value is -4.10. The van der Waals surface area contributed by atoms with E-state index in [4.69, 9.17) is 22.0 Å². The van der Waals surface area contributed by atoms with E-state index in [1.165, 1.54) is 40.5 Å². The van der Waals surface area contributed by atoms with Crippen LogP contribution in [0.25, 0.3) is 5.65 Å². The van der Waals surface area contributed by atoms with Crippen molar-refractivity contribution in [2.45, 2.75) is 16.6 Å². The molecule has 0 aromatic carbocycles. The van der Waals surface area contributed by atoms with Crippen LogP contribution in [0.5, 0.6) is 0 Å². The Bertz CT molecular complexity index is 1580. The van der Waals surface area contributed by atoms with E-state index in [1.54, 1.807) is 17.7 Å². The van der Waals surface area contributed by atoms with Crippen LogP contribution >= 0.6 is 34.9 Å². The average molecular weight is 592 g/mol. The lowest BCUT2D eigenvalue weighted by Gasteiger charge is -2.50. The van der Waals surface area contributed by atoms with Gasteiger partial charge in [-0.3, -0.25) is 14.5 Å². The first kappa shape index (κ1) is 26.5. The number of nitrogens with one attached hydrogen (secondary N) is 1. The number of carbonyl (C=O) groups excluding carboxylic acids is 3. The molecule has 5 heterocycles. The van der Waals surface area contributed by atoms with Gasteiger partial charge >= 0.3 is 5.95 Å². The molecule has 7 N–H and O–H groups in total. The summed E-state index contributed by atoms with van der Waals surface area (Å²) in [7, 11) is 2.99. The second-order valence-corrected chi connectivity index (χ2v) is 11.2. The van der Waals surface area contributed by atoms with Crippen molar-refractivity contribution >= 4 is 80.9 Å². The molecule has 0 aliphatic carbocycles. The molecule has 5 rings (SSSR count). The van der Waals surface area contributed by atoms with Gasteiger partial charge in [0, 0.05) is 28.1 Å². The minimum absolute atomic E-state index is 0.161. The molecule has 1 fully saturated rings. The number of aromatic nitrogens is 5. The number of aliphatic carboxylic acids is 1. The van der Waals surface area contributed by atoms with Gasteiger partial charge in [-0.05, 0) is 5.57 Å². The topological polar surface area (TPSA) is 236 Å². The number of oxime groups is 1. The molecule has 0 saturated carbocycles. The zero-order chi connectivity index (χ0) is 28.0. The number of carboxylic acids is 1. The summed E-state index contributed by atoms with van der Waals surface area (Å²) >= 11 is 3.60. The van der Waals surface area contributed by atoms with Crippen LogP contribution < -0.4 is 32.2 Å². The van der Waals surface area contributed by atoms with E-state index in [0.717, 1.165) is 16.2 Å². The van der Waals surface area contributed by atoms with Crippen molar-refractivity contribution in [1.29, 1.82) is 0 Å². The summed E-state index contributed by atoms with van der Waals surface area (Å²) in [5, 5.41) is 24.2. The summed E-state index contributed by atoms with van der Waals surface area (Å²) < 4.78 is 3.14. The van der Waals surface area contributed by atoms with E-state index in [-0.39, 0.29) is 45.5 Å². The van der Waals surface area contributed by atoms with Gasteiger partial charge in [-0.1, -0.05) is 21.4 Å². The maximum absolute atomic E-state index is 13.0. The fourth-order valence-corrected chi connectivity index (χ4v) is 7.02. The first-order valence-electron chi connectivity index (χ1n) is 11.1. The third-order valence-corrected chi connectivity index (χ3v) is 8.88. The van der Waals surface area contributed by atoms with Gasteiger partial charge in [-0.2, -0.15) is 4.98 Å². The molecule has 2 atom stereocenters. The highest BCUT2D eigenvalue weighted by Gasteiger charge is 2.53. The lowest BCUT2D eigenvalue weighted by atomic mass is 10.0. The van der Waals surface area contributed by atoms with Crippen molar-refractivity contribution in [3.8, 4) is 0 Å². The fraction of sp³-hybridized carbons (Fsp3) is 0.300. The van der Waals surface area contributed by atoms with E-state index < -0.39 is 29.2 Å². The Labute approximate surface area is 232 Å². The second-order valence-electron chi connectivity index (χ2n) is 8.23. The van der Waals surface area contributed by atoms with Crippen LogP contribution in [0.4, 0.5) is 16.9 Å². The Morgan fingerprint density at radius 3 is 2.79 bits per heavy atom. The van der Waals surface area contributed by atoms with Gasteiger partial charge in [-0.15, -0.1) is 23.1 Å².